The predicted molar refractivity (Wildman–Crippen MR) is 128 cm³/mol. The van der Waals surface area contributed by atoms with Gasteiger partial charge in [-0.15, -0.1) is 0 Å². The van der Waals surface area contributed by atoms with E-state index in [1.165, 1.54) is 37.0 Å². The van der Waals surface area contributed by atoms with Crippen LogP contribution in [-0.4, -0.2) is 54.5 Å². The summed E-state index contributed by atoms with van der Waals surface area (Å²) in [5.41, 5.74) is 0. The van der Waals surface area contributed by atoms with E-state index in [9.17, 15) is 14.4 Å². The Kier molecular flexibility index (Phi) is 12.1. The number of rotatable bonds is 14. The van der Waals surface area contributed by atoms with E-state index in [1.807, 2.05) is 0 Å². The molecule has 0 saturated carbocycles. The minimum absolute atomic E-state index is 0.164. The number of nitrogens with one attached hydrogen (secondary N) is 1. The maximum atomic E-state index is 13.0. The number of benzene rings is 1. The Labute approximate surface area is 202 Å². The van der Waals surface area contributed by atoms with E-state index in [2.05, 4.69) is 12.2 Å². The van der Waals surface area contributed by atoms with E-state index in [4.69, 9.17) is 21.1 Å². The van der Waals surface area contributed by atoms with Gasteiger partial charge in [0.2, 0.25) is 5.91 Å². The highest BCUT2D eigenvalue weighted by Gasteiger charge is 2.37. The number of hydrogen-bond donors (Lipinski definition) is 1. The highest BCUT2D eigenvalue weighted by atomic mass is 35.5. The Morgan fingerprint density at radius 2 is 1.73 bits per heavy atom. The number of amides is 2. The maximum absolute atomic E-state index is 13.0. The van der Waals surface area contributed by atoms with Crippen molar-refractivity contribution in [2.24, 2.45) is 0 Å². The zero-order valence-electron chi connectivity index (χ0n) is 19.8. The summed E-state index contributed by atoms with van der Waals surface area (Å²) in [6, 6.07) is 5.81. The lowest BCUT2D eigenvalue weighted by Gasteiger charge is -2.36. The van der Waals surface area contributed by atoms with Crippen LogP contribution in [-0.2, 0) is 19.1 Å². The second-order valence-electron chi connectivity index (χ2n) is 8.45. The molecule has 7 nitrogen and oxygen atoms in total. The molecule has 1 heterocycles. The van der Waals surface area contributed by atoms with Crippen molar-refractivity contribution in [1.82, 2.24) is 10.2 Å². The number of carbonyl (C=O) groups is 3. The normalized spacial score (nSPS) is 16.8. The largest absolute Gasteiger partial charge is 0.481 e. The molecule has 0 aliphatic carbocycles. The van der Waals surface area contributed by atoms with Gasteiger partial charge in [0.05, 0.1) is 13.0 Å². The molecule has 33 heavy (non-hydrogen) atoms. The molecule has 2 rings (SSSR count). The van der Waals surface area contributed by atoms with Crippen LogP contribution >= 0.6 is 11.6 Å². The Balaban J connectivity index is 1.77. The van der Waals surface area contributed by atoms with Gasteiger partial charge in [-0.05, 0) is 37.6 Å². The molecule has 0 bridgehead atoms. The molecule has 1 fully saturated rings. The average molecular weight is 481 g/mol. The molecule has 0 aromatic heterocycles. The van der Waals surface area contributed by atoms with Crippen molar-refractivity contribution in [1.29, 1.82) is 0 Å². The summed E-state index contributed by atoms with van der Waals surface area (Å²) in [6.45, 7) is 4.82. The molecular formula is C25H37ClN2O5. The summed E-state index contributed by atoms with van der Waals surface area (Å²) in [4.78, 5) is 39.1. The van der Waals surface area contributed by atoms with Gasteiger partial charge in [0.15, 0.2) is 6.10 Å². The molecule has 1 aliphatic heterocycles. The van der Waals surface area contributed by atoms with E-state index in [0.717, 1.165) is 19.3 Å². The molecule has 2 amide bonds. The summed E-state index contributed by atoms with van der Waals surface area (Å²) in [5.74, 6) is -0.662. The van der Waals surface area contributed by atoms with Gasteiger partial charge >= 0.3 is 5.97 Å². The van der Waals surface area contributed by atoms with Gasteiger partial charge in [-0.3, -0.25) is 14.4 Å². The number of carbonyl (C=O) groups excluding carboxylic acids is 3. The first-order valence-electron chi connectivity index (χ1n) is 12.1. The fraction of sp³-hybridized carbons (Fsp3) is 0.640. The molecule has 184 valence electrons. The molecule has 1 saturated heterocycles. The molecule has 1 N–H and O–H groups in total. The van der Waals surface area contributed by atoms with Gasteiger partial charge in [-0.1, -0.05) is 63.5 Å². The Morgan fingerprint density at radius 3 is 2.39 bits per heavy atom. The molecule has 1 aromatic rings. The molecular weight excluding hydrogens is 444 g/mol. The number of nitrogens with zero attached hydrogens (tertiary/aromatic N) is 1. The Bertz CT molecular complexity index is 756. The molecule has 1 aromatic carbocycles. The van der Waals surface area contributed by atoms with Crippen LogP contribution in [0.15, 0.2) is 24.3 Å². The second-order valence-corrected chi connectivity index (χ2v) is 8.89. The van der Waals surface area contributed by atoms with E-state index in [1.54, 1.807) is 31.2 Å². The summed E-state index contributed by atoms with van der Waals surface area (Å²) in [6.07, 6.45) is 8.28. The third kappa shape index (κ3) is 9.62. The van der Waals surface area contributed by atoms with Crippen LogP contribution in [0, 0.1) is 0 Å². The Hall–Kier alpha value is -2.28. The first-order valence-corrected chi connectivity index (χ1v) is 12.5. The Morgan fingerprint density at radius 1 is 1.09 bits per heavy atom. The first-order chi connectivity index (χ1) is 15.9. The van der Waals surface area contributed by atoms with E-state index >= 15 is 0 Å². The number of ether oxygens (including phenoxy) is 2. The van der Waals surface area contributed by atoms with Crippen molar-refractivity contribution in [2.45, 2.75) is 83.8 Å². The summed E-state index contributed by atoms with van der Waals surface area (Å²) >= 11 is 5.88. The summed E-state index contributed by atoms with van der Waals surface area (Å²) in [5, 5.41) is 3.30. The van der Waals surface area contributed by atoms with Crippen LogP contribution in [0.4, 0.5) is 0 Å². The second kappa shape index (κ2) is 14.8. The molecule has 1 aliphatic rings. The van der Waals surface area contributed by atoms with Crippen molar-refractivity contribution in [3.05, 3.63) is 29.3 Å². The van der Waals surface area contributed by atoms with E-state index in [0.29, 0.717) is 30.5 Å². The quantitative estimate of drug-likeness (QED) is 0.313. The van der Waals surface area contributed by atoms with Gasteiger partial charge in [0.1, 0.15) is 11.8 Å². The van der Waals surface area contributed by atoms with E-state index < -0.39 is 18.1 Å². The van der Waals surface area contributed by atoms with Gasteiger partial charge in [-0.25, -0.2) is 0 Å². The lowest BCUT2D eigenvalue weighted by atomic mass is 10.1. The smallest absolute Gasteiger partial charge is 0.308 e. The first kappa shape index (κ1) is 27.0. The lowest BCUT2D eigenvalue weighted by Crippen LogP contribution is -2.60. The van der Waals surface area contributed by atoms with Gasteiger partial charge in [-0.2, -0.15) is 0 Å². The number of halogens is 1. The molecule has 2 unspecified atom stereocenters. The van der Waals surface area contributed by atoms with Gasteiger partial charge in [0.25, 0.3) is 5.91 Å². The zero-order chi connectivity index (χ0) is 24.1. The number of piperazine rings is 1. The fourth-order valence-electron chi connectivity index (χ4n) is 3.82. The highest BCUT2D eigenvalue weighted by molar-refractivity contribution is 6.30. The van der Waals surface area contributed by atoms with Crippen molar-refractivity contribution in [3.63, 3.8) is 0 Å². The van der Waals surface area contributed by atoms with Crippen LogP contribution in [0.2, 0.25) is 5.02 Å². The maximum Gasteiger partial charge on any atom is 0.308 e. The third-order valence-corrected chi connectivity index (χ3v) is 5.96. The van der Waals surface area contributed by atoms with Crippen LogP contribution in [0.3, 0.4) is 0 Å². The minimum Gasteiger partial charge on any atom is -0.481 e. The minimum atomic E-state index is -0.895. The highest BCUT2D eigenvalue weighted by Crippen LogP contribution is 2.19. The van der Waals surface area contributed by atoms with Crippen molar-refractivity contribution in [3.8, 4) is 5.75 Å². The van der Waals surface area contributed by atoms with E-state index in [-0.39, 0.29) is 18.2 Å². The summed E-state index contributed by atoms with van der Waals surface area (Å²) in [7, 11) is 0. The fourth-order valence-corrected chi connectivity index (χ4v) is 3.95. The molecule has 8 heteroatoms. The lowest BCUT2D eigenvalue weighted by molar-refractivity contribution is -0.154. The third-order valence-electron chi connectivity index (χ3n) is 5.71. The van der Waals surface area contributed by atoms with Crippen LogP contribution in [0.1, 0.15) is 71.6 Å². The number of unbranched alkanes of at least 4 members (excludes halogenated alkanes) is 7. The van der Waals surface area contributed by atoms with Crippen LogP contribution in [0.5, 0.6) is 5.75 Å². The molecule has 0 spiro atoms. The SMILES string of the molecule is CCCCCCCCCCOC(=O)CC1C(=O)NCCN1C(=O)C(C)Oc1ccc(Cl)cc1. The van der Waals surface area contributed by atoms with Crippen LogP contribution in [0.25, 0.3) is 0 Å². The van der Waals surface area contributed by atoms with Crippen LogP contribution < -0.4 is 10.1 Å². The topological polar surface area (TPSA) is 84.9 Å². The zero-order valence-corrected chi connectivity index (χ0v) is 20.6. The average Bonchev–Trinajstić information content (AvgIpc) is 2.80. The van der Waals surface area contributed by atoms with Crippen molar-refractivity contribution in [2.75, 3.05) is 19.7 Å². The standard InChI is InChI=1S/C25H37ClN2O5/c1-3-4-5-6-7-8-9-10-17-32-23(29)18-22-24(30)27-15-16-28(22)25(31)19(2)33-21-13-11-20(26)12-14-21/h11-14,19,22H,3-10,15-18H2,1-2H3,(H,27,30). The van der Waals surface area contributed by atoms with Gasteiger partial charge < -0.3 is 19.7 Å². The monoisotopic (exact) mass is 480 g/mol. The number of esters is 1. The van der Waals surface area contributed by atoms with Gasteiger partial charge in [0, 0.05) is 18.1 Å². The van der Waals surface area contributed by atoms with Crippen molar-refractivity contribution < 1.29 is 23.9 Å². The summed E-state index contributed by atoms with van der Waals surface area (Å²) < 4.78 is 11.0. The molecule has 0 radical (unpaired) electrons. The predicted octanol–water partition coefficient (Wildman–Crippen LogP) is 4.51. The number of hydrogen-bond acceptors (Lipinski definition) is 5. The molecule has 2 atom stereocenters. The van der Waals surface area contributed by atoms with Crippen molar-refractivity contribution >= 4 is 29.4 Å².